The van der Waals surface area contributed by atoms with Crippen molar-refractivity contribution in [1.82, 2.24) is 5.32 Å². The lowest BCUT2D eigenvalue weighted by Crippen LogP contribution is -2.33. The Morgan fingerprint density at radius 3 is 2.60 bits per heavy atom. The molecule has 4 rings (SSSR count). The van der Waals surface area contributed by atoms with Gasteiger partial charge in [-0.3, -0.25) is 10.3 Å². The molecule has 3 nitrogen and oxygen atoms in total. The molecule has 3 aromatic rings. The lowest BCUT2D eigenvalue weighted by atomic mass is 9.93. The first-order valence-corrected chi connectivity index (χ1v) is 11.0. The van der Waals surface area contributed by atoms with Gasteiger partial charge in [-0.15, -0.1) is 0 Å². The number of benzene rings is 3. The number of aromatic hydroxyl groups is 1. The van der Waals surface area contributed by atoms with Crippen LogP contribution < -0.4 is 5.32 Å². The third-order valence-corrected chi connectivity index (χ3v) is 6.08. The zero-order valence-corrected chi connectivity index (χ0v) is 18.7. The molecule has 0 fully saturated rings. The molecule has 1 aliphatic heterocycles. The molecule has 0 saturated carbocycles. The maximum atomic E-state index is 14.7. The van der Waals surface area contributed by atoms with E-state index >= 15 is 0 Å². The lowest BCUT2D eigenvalue weighted by molar-refractivity contribution is 0.405. The smallest absolute Gasteiger partial charge is 0.129 e. The molecule has 3 aromatic carbocycles. The number of nitrogens with zero attached hydrogens (tertiary/aromatic N) is 1. The summed E-state index contributed by atoms with van der Waals surface area (Å²) in [5, 5.41) is 14.4. The summed E-state index contributed by atoms with van der Waals surface area (Å²) in [6.45, 7) is 2.11. The molecule has 0 aliphatic carbocycles. The molecular formula is C24H21BrClFN2O. The molecule has 1 heterocycles. The summed E-state index contributed by atoms with van der Waals surface area (Å²) in [6.07, 6.45) is 0.908. The van der Waals surface area contributed by atoms with Crippen molar-refractivity contribution in [3.8, 4) is 5.75 Å². The summed E-state index contributed by atoms with van der Waals surface area (Å²) < 4.78 is 15.4. The molecule has 0 unspecified atom stereocenters. The van der Waals surface area contributed by atoms with Crippen molar-refractivity contribution in [2.24, 2.45) is 4.99 Å². The molecular weight excluding hydrogens is 467 g/mol. The molecule has 6 heteroatoms. The van der Waals surface area contributed by atoms with E-state index < -0.39 is 6.17 Å². The van der Waals surface area contributed by atoms with Gasteiger partial charge in [0.15, 0.2) is 0 Å². The highest BCUT2D eigenvalue weighted by molar-refractivity contribution is 9.10. The topological polar surface area (TPSA) is 44.6 Å². The van der Waals surface area contributed by atoms with Gasteiger partial charge in [0.2, 0.25) is 0 Å². The van der Waals surface area contributed by atoms with Crippen molar-refractivity contribution in [2.45, 2.75) is 32.0 Å². The largest absolute Gasteiger partial charge is 0.508 e. The number of rotatable bonds is 4. The van der Waals surface area contributed by atoms with E-state index in [0.717, 1.165) is 22.2 Å². The second-order valence-corrected chi connectivity index (χ2v) is 8.67. The maximum Gasteiger partial charge on any atom is 0.129 e. The molecule has 0 aromatic heterocycles. The van der Waals surface area contributed by atoms with Crippen molar-refractivity contribution in [1.29, 1.82) is 0 Å². The van der Waals surface area contributed by atoms with Crippen LogP contribution in [-0.4, -0.2) is 10.8 Å². The molecule has 0 radical (unpaired) electrons. The summed E-state index contributed by atoms with van der Waals surface area (Å²) in [7, 11) is 0. The van der Waals surface area contributed by atoms with Crippen molar-refractivity contribution in [2.75, 3.05) is 0 Å². The number of hydrogen-bond acceptors (Lipinski definition) is 3. The summed E-state index contributed by atoms with van der Waals surface area (Å²) in [6, 6.07) is 17.8. The minimum Gasteiger partial charge on any atom is -0.508 e. The van der Waals surface area contributed by atoms with E-state index in [1.165, 1.54) is 11.6 Å². The molecule has 0 saturated heterocycles. The van der Waals surface area contributed by atoms with Crippen molar-refractivity contribution >= 4 is 33.2 Å². The van der Waals surface area contributed by atoms with Crippen LogP contribution in [0.1, 0.15) is 47.8 Å². The molecule has 0 amide bonds. The maximum absolute atomic E-state index is 14.7. The minimum absolute atomic E-state index is 0.146. The Bertz CT molecular complexity index is 1100. The van der Waals surface area contributed by atoms with Crippen LogP contribution in [0.3, 0.4) is 0 Å². The predicted molar refractivity (Wildman–Crippen MR) is 123 cm³/mol. The van der Waals surface area contributed by atoms with E-state index in [4.69, 9.17) is 16.6 Å². The zero-order valence-electron chi connectivity index (χ0n) is 16.4. The van der Waals surface area contributed by atoms with Gasteiger partial charge in [-0.05, 0) is 53.9 Å². The highest BCUT2D eigenvalue weighted by Gasteiger charge is 2.29. The normalized spacial score (nSPS) is 18.9. The Morgan fingerprint density at radius 1 is 1.10 bits per heavy atom. The second kappa shape index (κ2) is 8.88. The van der Waals surface area contributed by atoms with Crippen LogP contribution in [0.25, 0.3) is 0 Å². The highest BCUT2D eigenvalue weighted by Crippen LogP contribution is 2.36. The van der Waals surface area contributed by atoms with Crippen LogP contribution in [-0.2, 0) is 6.42 Å². The van der Waals surface area contributed by atoms with Gasteiger partial charge in [0.05, 0.1) is 0 Å². The standard InChI is InChI=1S/C24H21BrClFN2O/c1-2-14-3-5-15(6-4-14)21-13-22(19-12-17(26)8-10-23(19)30)29-24(28-21)18-11-16(25)7-9-20(18)27/h3-12,22,24,29-30H,2,13H2,1H3/t22-,24+/m1/s1. The first kappa shape index (κ1) is 21.0. The van der Waals surface area contributed by atoms with E-state index in [0.29, 0.717) is 22.6 Å². The van der Waals surface area contributed by atoms with E-state index in [1.54, 1.807) is 30.3 Å². The van der Waals surface area contributed by atoms with Crippen LogP contribution in [0.5, 0.6) is 5.75 Å². The van der Waals surface area contributed by atoms with Crippen molar-refractivity contribution in [3.63, 3.8) is 0 Å². The van der Waals surface area contributed by atoms with Crippen molar-refractivity contribution in [3.05, 3.63) is 98.2 Å². The fourth-order valence-electron chi connectivity index (χ4n) is 3.70. The molecule has 154 valence electrons. The predicted octanol–water partition coefficient (Wildman–Crippen LogP) is 6.73. The molecule has 0 bridgehead atoms. The van der Waals surface area contributed by atoms with Gasteiger partial charge >= 0.3 is 0 Å². The van der Waals surface area contributed by atoms with Crippen LogP contribution >= 0.6 is 27.5 Å². The summed E-state index contributed by atoms with van der Waals surface area (Å²) in [5.41, 5.74) is 4.19. The number of hydrogen-bond donors (Lipinski definition) is 2. The van der Waals surface area contributed by atoms with Gasteiger partial charge in [-0.1, -0.05) is 58.7 Å². The number of aliphatic imine (C=N–C) groups is 1. The Balaban J connectivity index is 1.79. The first-order valence-electron chi connectivity index (χ1n) is 9.80. The van der Waals surface area contributed by atoms with Gasteiger partial charge < -0.3 is 5.11 Å². The molecule has 30 heavy (non-hydrogen) atoms. The fourth-order valence-corrected chi connectivity index (χ4v) is 4.26. The van der Waals surface area contributed by atoms with Crippen LogP contribution in [0.4, 0.5) is 4.39 Å². The number of aryl methyl sites for hydroxylation is 1. The number of nitrogens with one attached hydrogen (secondary N) is 1. The number of phenols is 1. The summed E-state index contributed by atoms with van der Waals surface area (Å²) >= 11 is 9.61. The van der Waals surface area contributed by atoms with E-state index in [9.17, 15) is 9.50 Å². The molecule has 0 spiro atoms. The van der Waals surface area contributed by atoms with Gasteiger partial charge in [0.25, 0.3) is 0 Å². The van der Waals surface area contributed by atoms with Gasteiger partial charge in [0.1, 0.15) is 17.7 Å². The minimum atomic E-state index is -0.597. The third kappa shape index (κ3) is 4.43. The van der Waals surface area contributed by atoms with Crippen LogP contribution in [0.2, 0.25) is 5.02 Å². The average molecular weight is 488 g/mol. The van der Waals surface area contributed by atoms with E-state index in [-0.39, 0.29) is 17.6 Å². The van der Waals surface area contributed by atoms with E-state index in [2.05, 4.69) is 40.3 Å². The number of phenolic OH excluding ortho intramolecular Hbond substituents is 1. The third-order valence-electron chi connectivity index (χ3n) is 5.35. The Labute approximate surface area is 188 Å². The average Bonchev–Trinajstić information content (AvgIpc) is 2.77. The monoisotopic (exact) mass is 486 g/mol. The zero-order chi connectivity index (χ0) is 21.3. The quantitative estimate of drug-likeness (QED) is 0.428. The van der Waals surface area contributed by atoms with Crippen LogP contribution in [0.15, 0.2) is 70.1 Å². The van der Waals surface area contributed by atoms with Gasteiger partial charge in [-0.2, -0.15) is 0 Å². The molecule has 2 atom stereocenters. The van der Waals surface area contributed by atoms with Crippen molar-refractivity contribution < 1.29 is 9.50 Å². The first-order chi connectivity index (χ1) is 14.4. The Hall–Kier alpha value is -2.21. The Kier molecular flexibility index (Phi) is 6.23. The van der Waals surface area contributed by atoms with Gasteiger partial charge in [0, 0.05) is 38.8 Å². The SMILES string of the molecule is CCc1ccc(C2=N[C@H](c3cc(Br)ccc3F)N[C@@H](c3cc(Cl)ccc3O)C2)cc1. The highest BCUT2D eigenvalue weighted by atomic mass is 79.9. The van der Waals surface area contributed by atoms with E-state index in [1.807, 2.05) is 12.1 Å². The molecule has 2 N–H and O–H groups in total. The second-order valence-electron chi connectivity index (χ2n) is 7.32. The molecule has 1 aliphatic rings. The summed E-state index contributed by atoms with van der Waals surface area (Å²) in [5.74, 6) is -0.191. The number of halogens is 3. The van der Waals surface area contributed by atoms with Gasteiger partial charge in [-0.25, -0.2) is 4.39 Å². The summed E-state index contributed by atoms with van der Waals surface area (Å²) in [4.78, 5) is 4.84. The Morgan fingerprint density at radius 2 is 1.87 bits per heavy atom. The van der Waals surface area contributed by atoms with Crippen LogP contribution in [0, 0.1) is 5.82 Å². The lowest BCUT2D eigenvalue weighted by Gasteiger charge is -2.31. The fraction of sp³-hybridized carbons (Fsp3) is 0.208.